The lowest BCUT2D eigenvalue weighted by atomic mass is 10.2. The van der Waals surface area contributed by atoms with Gasteiger partial charge in [-0.15, -0.1) is 0 Å². The van der Waals surface area contributed by atoms with Crippen molar-refractivity contribution < 1.29 is 0 Å². The molecule has 0 amide bonds. The summed E-state index contributed by atoms with van der Waals surface area (Å²) >= 11 is 0. The minimum atomic E-state index is 0.0787. The number of imidazole rings is 1. The summed E-state index contributed by atoms with van der Waals surface area (Å²) in [4.78, 5) is 12.1. The highest BCUT2D eigenvalue weighted by molar-refractivity contribution is 5.77. The van der Waals surface area contributed by atoms with Gasteiger partial charge in [0.25, 0.3) is 0 Å². The van der Waals surface area contributed by atoms with Gasteiger partial charge in [-0.2, -0.15) is 0 Å². The van der Waals surface area contributed by atoms with E-state index in [4.69, 9.17) is 0 Å². The van der Waals surface area contributed by atoms with Crippen LogP contribution in [-0.2, 0) is 7.05 Å². The highest BCUT2D eigenvalue weighted by Crippen LogP contribution is 2.19. The number of hydrogen-bond donors (Lipinski definition) is 0. The first kappa shape index (κ1) is 11.0. The second-order valence-electron chi connectivity index (χ2n) is 4.46. The molecule has 0 spiro atoms. The Bertz CT molecular complexity index is 577. The highest BCUT2D eigenvalue weighted by atomic mass is 16.1. The summed E-state index contributed by atoms with van der Waals surface area (Å²) in [6, 6.07) is 6.41. The predicted octanol–water partition coefficient (Wildman–Crippen LogP) is 2.62. The molecule has 0 aliphatic heterocycles. The predicted molar refractivity (Wildman–Crippen MR) is 66.9 cm³/mol. The smallest absolute Gasteiger partial charge is 0.295 e. The average Bonchev–Trinajstić information content (AvgIpc) is 2.52. The van der Waals surface area contributed by atoms with E-state index in [1.807, 2.05) is 24.6 Å². The molecule has 1 aromatic carbocycles. The molecule has 0 saturated carbocycles. The highest BCUT2D eigenvalue weighted by Gasteiger charge is 2.14. The summed E-state index contributed by atoms with van der Waals surface area (Å²) in [5, 5.41) is 0. The largest absolute Gasteiger partial charge is 0.329 e. The van der Waals surface area contributed by atoms with Crippen LogP contribution in [-0.4, -0.2) is 9.13 Å². The number of nitrogens with zero attached hydrogens (tertiary/aromatic N) is 2. The number of hydrogen-bond acceptors (Lipinski definition) is 1. The second kappa shape index (κ2) is 3.81. The Morgan fingerprint density at radius 3 is 2.62 bits per heavy atom. The van der Waals surface area contributed by atoms with Crippen molar-refractivity contribution in [1.82, 2.24) is 9.13 Å². The van der Waals surface area contributed by atoms with Crippen LogP contribution in [0.15, 0.2) is 23.0 Å². The van der Waals surface area contributed by atoms with Gasteiger partial charge in [-0.25, -0.2) is 4.79 Å². The van der Waals surface area contributed by atoms with Crippen molar-refractivity contribution >= 4 is 11.0 Å². The van der Waals surface area contributed by atoms with Gasteiger partial charge in [0, 0.05) is 13.1 Å². The lowest BCUT2D eigenvalue weighted by Crippen LogP contribution is -2.24. The number of rotatable bonds is 2. The Hall–Kier alpha value is -1.51. The average molecular weight is 218 g/mol. The fourth-order valence-electron chi connectivity index (χ4n) is 2.08. The van der Waals surface area contributed by atoms with Crippen LogP contribution in [0.3, 0.4) is 0 Å². The zero-order valence-electron chi connectivity index (χ0n) is 10.3. The molecule has 3 nitrogen and oxygen atoms in total. The van der Waals surface area contributed by atoms with Gasteiger partial charge in [0.1, 0.15) is 0 Å². The second-order valence-corrected chi connectivity index (χ2v) is 4.46. The minimum absolute atomic E-state index is 0.0787. The van der Waals surface area contributed by atoms with E-state index in [0.29, 0.717) is 0 Å². The van der Waals surface area contributed by atoms with Crippen LogP contribution in [0, 0.1) is 6.92 Å². The molecule has 16 heavy (non-hydrogen) atoms. The molecule has 0 aliphatic rings. The number of fused-ring (bicyclic) bond motifs is 1. The summed E-state index contributed by atoms with van der Waals surface area (Å²) in [7, 11) is 1.84. The molecule has 3 heteroatoms. The maximum absolute atomic E-state index is 12.1. The van der Waals surface area contributed by atoms with E-state index in [1.165, 1.54) is 5.56 Å². The maximum atomic E-state index is 12.1. The normalized spacial score (nSPS) is 13.2. The third-order valence-corrected chi connectivity index (χ3v) is 3.28. The van der Waals surface area contributed by atoms with Crippen LogP contribution in [0.25, 0.3) is 11.0 Å². The topological polar surface area (TPSA) is 26.9 Å². The van der Waals surface area contributed by atoms with Gasteiger partial charge in [0.05, 0.1) is 11.0 Å². The zero-order chi connectivity index (χ0) is 11.9. The Labute approximate surface area is 95.3 Å². The molecule has 0 saturated heterocycles. The minimum Gasteiger partial charge on any atom is -0.295 e. The summed E-state index contributed by atoms with van der Waals surface area (Å²) in [6.07, 6.45) is 0.965. The van der Waals surface area contributed by atoms with Crippen LogP contribution in [0.2, 0.25) is 0 Å². The molecule has 0 aliphatic carbocycles. The summed E-state index contributed by atoms with van der Waals surface area (Å²) < 4.78 is 3.61. The van der Waals surface area contributed by atoms with Crippen LogP contribution < -0.4 is 5.69 Å². The zero-order valence-corrected chi connectivity index (χ0v) is 10.3. The molecule has 0 bridgehead atoms. The summed E-state index contributed by atoms with van der Waals surface area (Å²) in [5.74, 6) is 0. The molecule has 2 aromatic rings. The monoisotopic (exact) mass is 218 g/mol. The van der Waals surface area contributed by atoms with Crippen LogP contribution >= 0.6 is 0 Å². The molecule has 86 valence electrons. The Morgan fingerprint density at radius 2 is 2.00 bits per heavy atom. The van der Waals surface area contributed by atoms with Gasteiger partial charge >= 0.3 is 5.69 Å². The van der Waals surface area contributed by atoms with Gasteiger partial charge in [-0.1, -0.05) is 13.0 Å². The van der Waals surface area contributed by atoms with Gasteiger partial charge in [0.2, 0.25) is 0 Å². The molecule has 0 fully saturated rings. The fourth-order valence-corrected chi connectivity index (χ4v) is 2.08. The Kier molecular flexibility index (Phi) is 2.62. The van der Waals surface area contributed by atoms with Crippen LogP contribution in [0.4, 0.5) is 0 Å². The number of aryl methyl sites for hydroxylation is 2. The summed E-state index contributed by atoms with van der Waals surface area (Å²) in [5.41, 5.74) is 3.32. The van der Waals surface area contributed by atoms with Crippen molar-refractivity contribution in [1.29, 1.82) is 0 Å². The SMILES string of the molecule is CCC(C)n1c(=O)n(C)c2cc(C)ccc21. The van der Waals surface area contributed by atoms with E-state index in [2.05, 4.69) is 26.0 Å². The van der Waals surface area contributed by atoms with E-state index in [9.17, 15) is 4.79 Å². The molecule has 1 heterocycles. The molecular formula is C13H18N2O. The fraction of sp³-hybridized carbons (Fsp3) is 0.462. The van der Waals surface area contributed by atoms with Crippen molar-refractivity contribution in [2.45, 2.75) is 33.2 Å². The van der Waals surface area contributed by atoms with Gasteiger partial charge in [-0.3, -0.25) is 9.13 Å². The van der Waals surface area contributed by atoms with Crippen molar-refractivity contribution in [3.05, 3.63) is 34.2 Å². The quantitative estimate of drug-likeness (QED) is 0.761. The van der Waals surface area contributed by atoms with E-state index >= 15 is 0 Å². The maximum Gasteiger partial charge on any atom is 0.329 e. The van der Waals surface area contributed by atoms with Crippen molar-refractivity contribution in [2.24, 2.45) is 7.05 Å². The Morgan fingerprint density at radius 1 is 1.31 bits per heavy atom. The molecule has 1 unspecified atom stereocenters. The van der Waals surface area contributed by atoms with E-state index in [1.54, 1.807) is 4.57 Å². The molecule has 2 rings (SSSR count). The number of aromatic nitrogens is 2. The standard InChI is InChI=1S/C13H18N2O/c1-5-10(3)15-11-7-6-9(2)8-12(11)14(4)13(15)16/h6-8,10H,5H2,1-4H3. The van der Waals surface area contributed by atoms with E-state index in [0.717, 1.165) is 17.5 Å². The third-order valence-electron chi connectivity index (χ3n) is 3.28. The van der Waals surface area contributed by atoms with E-state index in [-0.39, 0.29) is 11.7 Å². The van der Waals surface area contributed by atoms with Crippen molar-refractivity contribution in [3.8, 4) is 0 Å². The van der Waals surface area contributed by atoms with Gasteiger partial charge < -0.3 is 0 Å². The summed E-state index contributed by atoms with van der Waals surface area (Å²) in [6.45, 7) is 6.23. The lowest BCUT2D eigenvalue weighted by molar-refractivity contribution is 0.521. The lowest BCUT2D eigenvalue weighted by Gasteiger charge is -2.10. The van der Waals surface area contributed by atoms with E-state index < -0.39 is 0 Å². The van der Waals surface area contributed by atoms with Crippen LogP contribution in [0.1, 0.15) is 31.9 Å². The Balaban J connectivity index is 2.84. The molecule has 0 N–H and O–H groups in total. The molecule has 1 aromatic heterocycles. The first-order valence-corrected chi connectivity index (χ1v) is 5.73. The number of benzene rings is 1. The van der Waals surface area contributed by atoms with Gasteiger partial charge in [-0.05, 0) is 38.0 Å². The van der Waals surface area contributed by atoms with Gasteiger partial charge in [0.15, 0.2) is 0 Å². The third kappa shape index (κ3) is 1.47. The first-order chi connectivity index (χ1) is 7.56. The molecule has 1 atom stereocenters. The van der Waals surface area contributed by atoms with Crippen LogP contribution in [0.5, 0.6) is 0 Å². The molecular weight excluding hydrogens is 200 g/mol. The van der Waals surface area contributed by atoms with Crippen molar-refractivity contribution in [3.63, 3.8) is 0 Å². The van der Waals surface area contributed by atoms with Crippen molar-refractivity contribution in [2.75, 3.05) is 0 Å². The molecule has 0 radical (unpaired) electrons. The first-order valence-electron chi connectivity index (χ1n) is 5.73.